The highest BCUT2D eigenvalue weighted by Gasteiger charge is 2.25. The first-order chi connectivity index (χ1) is 12.5. The van der Waals surface area contributed by atoms with Crippen molar-refractivity contribution in [2.75, 3.05) is 0 Å². The van der Waals surface area contributed by atoms with Gasteiger partial charge in [-0.15, -0.1) is 0 Å². The van der Waals surface area contributed by atoms with Crippen molar-refractivity contribution in [1.82, 2.24) is 0 Å². The second-order valence-electron chi connectivity index (χ2n) is 7.39. The van der Waals surface area contributed by atoms with Crippen LogP contribution < -0.4 is 4.18 Å². The highest BCUT2D eigenvalue weighted by atomic mass is 32.2. The molecule has 0 N–H and O–H groups in total. The van der Waals surface area contributed by atoms with Crippen LogP contribution in [0.3, 0.4) is 0 Å². The lowest BCUT2D eigenvalue weighted by Crippen LogP contribution is -2.25. The molecule has 150 valence electrons. The van der Waals surface area contributed by atoms with Crippen LogP contribution in [-0.4, -0.2) is 13.7 Å². The minimum Gasteiger partial charge on any atom is -0.382 e. The smallest absolute Gasteiger partial charge is 0.312 e. The maximum atomic E-state index is 12.5. The van der Waals surface area contributed by atoms with Gasteiger partial charge in [-0.05, 0) is 31.9 Å². The Bertz CT molecular complexity index is 564. The quantitative estimate of drug-likeness (QED) is 0.248. The maximum absolute atomic E-state index is 12.5. The topological polar surface area (TPSA) is 43.4 Å². The van der Waals surface area contributed by atoms with Crippen molar-refractivity contribution in [3.05, 3.63) is 29.8 Å². The van der Waals surface area contributed by atoms with E-state index in [-0.39, 0.29) is 0 Å². The van der Waals surface area contributed by atoms with Gasteiger partial charge in [0.25, 0.3) is 0 Å². The first-order valence-electron chi connectivity index (χ1n) is 10.5. The first-order valence-corrected chi connectivity index (χ1v) is 12.0. The Balaban J connectivity index is 2.23. The zero-order valence-electron chi connectivity index (χ0n) is 17.0. The number of unbranched alkanes of at least 4 members (excludes halogenated alkanes) is 9. The normalized spacial score (nSPS) is 12.9. The van der Waals surface area contributed by atoms with E-state index >= 15 is 0 Å². The van der Waals surface area contributed by atoms with Crippen LogP contribution in [0.25, 0.3) is 0 Å². The van der Waals surface area contributed by atoms with Crippen LogP contribution >= 0.6 is 0 Å². The second kappa shape index (κ2) is 13.2. The van der Waals surface area contributed by atoms with Crippen LogP contribution in [-0.2, 0) is 10.1 Å². The minimum absolute atomic E-state index is 0.405. The molecule has 0 saturated heterocycles. The van der Waals surface area contributed by atoms with Gasteiger partial charge >= 0.3 is 10.1 Å². The summed E-state index contributed by atoms with van der Waals surface area (Å²) in [6, 6.07) is 7.18. The van der Waals surface area contributed by atoms with Gasteiger partial charge in [0.2, 0.25) is 0 Å². The molecule has 0 aliphatic heterocycles. The lowest BCUT2D eigenvalue weighted by Gasteiger charge is -2.16. The summed E-state index contributed by atoms with van der Waals surface area (Å²) >= 11 is 0. The molecule has 0 spiro atoms. The lowest BCUT2D eigenvalue weighted by molar-refractivity contribution is 0.456. The lowest BCUT2D eigenvalue weighted by atomic mass is 10.0. The van der Waals surface area contributed by atoms with Crippen molar-refractivity contribution >= 4 is 10.1 Å². The summed E-state index contributed by atoms with van der Waals surface area (Å²) in [5.74, 6) is 0.414. The summed E-state index contributed by atoms with van der Waals surface area (Å²) < 4.78 is 30.3. The predicted octanol–water partition coefficient (Wildman–Crippen LogP) is 6.79. The van der Waals surface area contributed by atoms with E-state index in [1.54, 1.807) is 12.1 Å². The number of benzene rings is 1. The summed E-state index contributed by atoms with van der Waals surface area (Å²) in [7, 11) is -3.55. The van der Waals surface area contributed by atoms with Crippen molar-refractivity contribution in [2.45, 2.75) is 103 Å². The molecule has 0 radical (unpaired) electrons. The average Bonchev–Trinajstić information content (AvgIpc) is 2.61. The zero-order valence-corrected chi connectivity index (χ0v) is 17.8. The Labute approximate surface area is 161 Å². The third-order valence-electron chi connectivity index (χ3n) is 4.98. The van der Waals surface area contributed by atoms with Crippen molar-refractivity contribution in [3.8, 4) is 5.75 Å². The molecule has 0 bridgehead atoms. The minimum atomic E-state index is -3.55. The van der Waals surface area contributed by atoms with Crippen molar-refractivity contribution in [2.24, 2.45) is 0 Å². The monoisotopic (exact) mass is 382 g/mol. The molecule has 0 aliphatic carbocycles. The molecule has 0 aliphatic rings. The van der Waals surface area contributed by atoms with E-state index in [0.717, 1.165) is 18.4 Å². The molecule has 4 heteroatoms. The van der Waals surface area contributed by atoms with Crippen LogP contribution in [0.15, 0.2) is 24.3 Å². The summed E-state index contributed by atoms with van der Waals surface area (Å²) in [6.07, 6.45) is 13.9. The van der Waals surface area contributed by atoms with Gasteiger partial charge in [-0.1, -0.05) is 95.8 Å². The van der Waals surface area contributed by atoms with Gasteiger partial charge < -0.3 is 4.18 Å². The molecule has 1 aromatic rings. The molecule has 1 aromatic carbocycles. The molecule has 0 heterocycles. The van der Waals surface area contributed by atoms with E-state index in [2.05, 4.69) is 6.92 Å². The largest absolute Gasteiger partial charge is 0.382 e. The number of rotatable bonds is 15. The number of hydrogen-bond acceptors (Lipinski definition) is 3. The fourth-order valence-electron chi connectivity index (χ4n) is 3.21. The van der Waals surface area contributed by atoms with Gasteiger partial charge in [0.15, 0.2) is 0 Å². The molecule has 0 fully saturated rings. The third kappa shape index (κ3) is 9.61. The second-order valence-corrected chi connectivity index (χ2v) is 9.21. The Morgan fingerprint density at radius 2 is 1.31 bits per heavy atom. The van der Waals surface area contributed by atoms with Crippen LogP contribution in [0.2, 0.25) is 0 Å². The van der Waals surface area contributed by atoms with Crippen LogP contribution in [0.1, 0.15) is 96.5 Å². The molecule has 0 saturated carbocycles. The van der Waals surface area contributed by atoms with Crippen molar-refractivity contribution in [1.29, 1.82) is 0 Å². The van der Waals surface area contributed by atoms with Gasteiger partial charge in [-0.25, -0.2) is 0 Å². The molecule has 3 nitrogen and oxygen atoms in total. The van der Waals surface area contributed by atoms with Crippen molar-refractivity contribution < 1.29 is 12.6 Å². The Morgan fingerprint density at radius 1 is 0.808 bits per heavy atom. The molecule has 26 heavy (non-hydrogen) atoms. The van der Waals surface area contributed by atoms with Crippen LogP contribution in [0.5, 0.6) is 5.75 Å². The van der Waals surface area contributed by atoms with Gasteiger partial charge in [-0.2, -0.15) is 8.42 Å². The third-order valence-corrected chi connectivity index (χ3v) is 6.79. The van der Waals surface area contributed by atoms with Crippen LogP contribution in [0, 0.1) is 6.92 Å². The Morgan fingerprint density at radius 3 is 1.81 bits per heavy atom. The van der Waals surface area contributed by atoms with E-state index in [1.165, 1.54) is 51.4 Å². The summed E-state index contributed by atoms with van der Waals surface area (Å²) in [5.41, 5.74) is 1.09. The van der Waals surface area contributed by atoms with E-state index in [4.69, 9.17) is 4.18 Å². The molecule has 1 rings (SSSR count). The van der Waals surface area contributed by atoms with Gasteiger partial charge in [0.1, 0.15) is 5.75 Å². The van der Waals surface area contributed by atoms with E-state index in [0.29, 0.717) is 18.6 Å². The predicted molar refractivity (Wildman–Crippen MR) is 111 cm³/mol. The SMILES string of the molecule is CCCCCCCCCCCCC(CC)S(=O)(=O)Oc1ccc(C)cc1. The molecule has 0 amide bonds. The van der Waals surface area contributed by atoms with Gasteiger partial charge in [0.05, 0.1) is 5.25 Å². The van der Waals surface area contributed by atoms with Crippen LogP contribution in [0.4, 0.5) is 0 Å². The van der Waals surface area contributed by atoms with Gasteiger partial charge in [0, 0.05) is 0 Å². The molecule has 1 atom stereocenters. The molecular formula is C22H38O3S. The van der Waals surface area contributed by atoms with Gasteiger partial charge in [-0.3, -0.25) is 0 Å². The fraction of sp³-hybridized carbons (Fsp3) is 0.727. The Kier molecular flexibility index (Phi) is 11.7. The van der Waals surface area contributed by atoms with Crippen molar-refractivity contribution in [3.63, 3.8) is 0 Å². The average molecular weight is 383 g/mol. The maximum Gasteiger partial charge on any atom is 0.312 e. The molecule has 1 unspecified atom stereocenters. The summed E-state index contributed by atoms with van der Waals surface area (Å²) in [5, 5.41) is -0.405. The standard InChI is InChI=1S/C22H38O3S/c1-4-6-7-8-9-10-11-12-13-14-15-22(5-2)26(23,24)25-21-18-16-20(3)17-19-21/h16-19,22H,4-15H2,1-3H3. The highest BCUT2D eigenvalue weighted by molar-refractivity contribution is 7.87. The number of aryl methyl sites for hydroxylation is 1. The van der Waals surface area contributed by atoms with E-state index < -0.39 is 15.4 Å². The molecule has 0 aromatic heterocycles. The zero-order chi connectivity index (χ0) is 19.3. The molecular weight excluding hydrogens is 344 g/mol. The number of hydrogen-bond donors (Lipinski definition) is 0. The summed E-state index contributed by atoms with van der Waals surface area (Å²) in [6.45, 7) is 6.14. The van der Waals surface area contributed by atoms with E-state index in [9.17, 15) is 8.42 Å². The van der Waals surface area contributed by atoms with E-state index in [1.807, 2.05) is 26.0 Å². The summed E-state index contributed by atoms with van der Waals surface area (Å²) in [4.78, 5) is 0. The Hall–Kier alpha value is -1.03. The first kappa shape index (κ1) is 23.0. The highest BCUT2D eigenvalue weighted by Crippen LogP contribution is 2.21. The fourth-order valence-corrected chi connectivity index (χ4v) is 4.59.